The molecule has 4 rings (SSSR count). The molecule has 0 aliphatic carbocycles. The molecule has 4 heterocycles. The molecule has 0 aliphatic rings. The zero-order valence-corrected chi connectivity index (χ0v) is 27.2. The molecule has 4 aromatic rings. The van der Waals surface area contributed by atoms with Crippen LogP contribution in [0.2, 0.25) is 0 Å². The minimum Gasteiger partial charge on any atom is -0.192 e. The summed E-state index contributed by atoms with van der Waals surface area (Å²) in [5.74, 6) is 0.148. The standard InChI is InChI=1S/C34H32N4S4/c1-5-7-9-11-13-23-19-30(25(21-35)22-36)41-32(23)28-17-15-26(39-28)27-16-18-29(40-27)33-24(14-12-10-8-6-2)20-31(42-33)34(37-3)38-4/h15-20H,5-14H2,1-2H3/b27-26+,32-28+,33-29+. The highest BCUT2D eigenvalue weighted by atomic mass is 32.1. The summed E-state index contributed by atoms with van der Waals surface area (Å²) in [4.78, 5) is 6.94. The van der Waals surface area contributed by atoms with Crippen LogP contribution in [-0.4, -0.2) is 0 Å². The molecule has 0 amide bonds. The average molecular weight is 625 g/mol. The first-order valence-electron chi connectivity index (χ1n) is 14.3. The number of nitriles is 2. The Labute approximate surface area is 262 Å². The molecule has 212 valence electrons. The molecule has 0 N–H and O–H groups in total. The predicted molar refractivity (Wildman–Crippen MR) is 176 cm³/mol. The summed E-state index contributed by atoms with van der Waals surface area (Å²) >= 11 is 6.62. The van der Waals surface area contributed by atoms with E-state index in [2.05, 4.69) is 66.0 Å². The van der Waals surface area contributed by atoms with Gasteiger partial charge in [0.05, 0.1) is 4.53 Å². The van der Waals surface area contributed by atoms with Crippen LogP contribution in [-0.2, 0) is 12.8 Å². The molecule has 0 fully saturated rings. The zero-order chi connectivity index (χ0) is 29.9. The van der Waals surface area contributed by atoms with Gasteiger partial charge in [0.25, 0.3) is 0 Å². The highest BCUT2D eigenvalue weighted by Crippen LogP contribution is 2.21. The largest absolute Gasteiger partial charge is 0.536 e. The quantitative estimate of drug-likeness (QED) is 0.131. The van der Waals surface area contributed by atoms with Crippen LogP contribution < -0.4 is 9.06 Å². The molecule has 0 aliphatic heterocycles. The second-order valence-electron chi connectivity index (χ2n) is 10.0. The van der Waals surface area contributed by atoms with Gasteiger partial charge in [-0.25, -0.2) is 0 Å². The van der Waals surface area contributed by atoms with Gasteiger partial charge >= 0.3 is 5.82 Å². The number of hydrogen-bond acceptors (Lipinski definition) is 6. The molecule has 0 saturated heterocycles. The van der Waals surface area contributed by atoms with Gasteiger partial charge in [-0.15, -0.1) is 45.3 Å². The van der Waals surface area contributed by atoms with Crippen LogP contribution in [0.4, 0.5) is 0 Å². The summed E-state index contributed by atoms with van der Waals surface area (Å²) in [6, 6.07) is 16.9. The fourth-order valence-corrected chi connectivity index (χ4v) is 9.51. The lowest BCUT2D eigenvalue weighted by molar-refractivity contribution is 0.667. The van der Waals surface area contributed by atoms with Gasteiger partial charge in [0.2, 0.25) is 0 Å². The summed E-state index contributed by atoms with van der Waals surface area (Å²) in [5.41, 5.74) is 2.63. The molecule has 4 nitrogen and oxygen atoms in total. The Balaban J connectivity index is 1.92. The fourth-order valence-electron chi connectivity index (χ4n) is 4.82. The zero-order valence-electron chi connectivity index (χ0n) is 24.0. The van der Waals surface area contributed by atoms with E-state index in [1.807, 2.05) is 6.07 Å². The molecule has 8 heteroatoms. The number of thiophene rings is 4. The lowest BCUT2D eigenvalue weighted by Crippen LogP contribution is -1.95. The maximum absolute atomic E-state index is 9.47. The van der Waals surface area contributed by atoms with E-state index in [1.165, 1.54) is 72.3 Å². The van der Waals surface area contributed by atoms with Crippen LogP contribution in [0.15, 0.2) is 36.4 Å². The van der Waals surface area contributed by atoms with Gasteiger partial charge in [0.1, 0.15) is 35.4 Å². The molecule has 0 unspecified atom stereocenters. The van der Waals surface area contributed by atoms with Crippen LogP contribution in [0.1, 0.15) is 76.3 Å². The third kappa shape index (κ3) is 7.46. The monoisotopic (exact) mass is 624 g/mol. The lowest BCUT2D eigenvalue weighted by Gasteiger charge is -1.97. The Morgan fingerprint density at radius 3 is 1.55 bits per heavy atom. The van der Waals surface area contributed by atoms with E-state index in [-0.39, 0.29) is 11.4 Å². The molecule has 0 atom stereocenters. The fraction of sp³-hybridized carbons (Fsp3) is 0.353. The van der Waals surface area contributed by atoms with E-state index >= 15 is 0 Å². The van der Waals surface area contributed by atoms with Gasteiger partial charge in [0.15, 0.2) is 0 Å². The van der Waals surface area contributed by atoms with E-state index in [1.54, 1.807) is 45.3 Å². The molecular weight excluding hydrogens is 593 g/mol. The number of aryl methyl sites for hydroxylation is 2. The van der Waals surface area contributed by atoms with Crippen LogP contribution in [0.3, 0.4) is 0 Å². The molecule has 0 bridgehead atoms. The van der Waals surface area contributed by atoms with Crippen molar-refractivity contribution in [1.29, 1.82) is 10.5 Å². The first kappa shape index (κ1) is 31.4. The Hall–Kier alpha value is -3.50. The molecule has 0 saturated carbocycles. The lowest BCUT2D eigenvalue weighted by atomic mass is 10.1. The first-order chi connectivity index (χ1) is 20.6. The second-order valence-corrected chi connectivity index (χ2v) is 14.3. The van der Waals surface area contributed by atoms with Gasteiger partial charge in [-0.3, -0.25) is 0 Å². The minimum atomic E-state index is 0.148. The van der Waals surface area contributed by atoms with Gasteiger partial charge in [-0.2, -0.15) is 20.2 Å². The highest BCUT2D eigenvalue weighted by molar-refractivity contribution is 7.14. The molecule has 0 radical (unpaired) electrons. The normalized spacial score (nSPS) is 13.1. The van der Waals surface area contributed by atoms with Crippen LogP contribution in [0.25, 0.3) is 21.1 Å². The van der Waals surface area contributed by atoms with E-state index in [0.717, 1.165) is 39.3 Å². The van der Waals surface area contributed by atoms with Gasteiger partial charge in [-0.1, -0.05) is 52.4 Å². The Morgan fingerprint density at radius 1 is 0.643 bits per heavy atom. The smallest absolute Gasteiger partial charge is 0.192 e. The van der Waals surface area contributed by atoms with Gasteiger partial charge in [-0.05, 0) is 73.2 Å². The number of hydrogen-bond donors (Lipinski definition) is 0. The highest BCUT2D eigenvalue weighted by Gasteiger charge is 2.10. The van der Waals surface area contributed by atoms with Crippen LogP contribution in [0, 0.1) is 63.0 Å². The third-order valence-corrected chi connectivity index (χ3v) is 12.1. The van der Waals surface area contributed by atoms with Crippen molar-refractivity contribution < 1.29 is 0 Å². The Kier molecular flexibility index (Phi) is 11.7. The van der Waals surface area contributed by atoms with Crippen LogP contribution in [0.5, 0.6) is 0 Å². The summed E-state index contributed by atoms with van der Waals surface area (Å²) < 4.78 is 8.57. The molecule has 0 spiro atoms. The van der Waals surface area contributed by atoms with Crippen molar-refractivity contribution in [3.05, 3.63) is 107 Å². The SMILES string of the molecule is [C-]#[N+]C([N+]#[C-])=c1cc(CCCCCC)/c(=c2/cc/c(=c3/cc/c(=c4\sc(=C(C#N)C#N)cc4CCCCCC)s3)s2)s1. The van der Waals surface area contributed by atoms with Crippen molar-refractivity contribution in [3.63, 3.8) is 0 Å². The van der Waals surface area contributed by atoms with Crippen molar-refractivity contribution in [2.75, 3.05) is 0 Å². The van der Waals surface area contributed by atoms with Gasteiger partial charge in [0, 0.05) is 27.2 Å². The predicted octanol–water partition coefficient (Wildman–Crippen LogP) is 9.14. The third-order valence-electron chi connectivity index (χ3n) is 7.02. The van der Waals surface area contributed by atoms with E-state index < -0.39 is 0 Å². The Bertz CT molecular complexity index is 1950. The van der Waals surface area contributed by atoms with Crippen LogP contribution >= 0.6 is 45.3 Å². The number of nitrogens with zero attached hydrogens (tertiary/aromatic N) is 4. The van der Waals surface area contributed by atoms with E-state index in [0.29, 0.717) is 0 Å². The van der Waals surface area contributed by atoms with Crippen molar-refractivity contribution in [3.8, 4) is 12.1 Å². The van der Waals surface area contributed by atoms with Crippen molar-refractivity contribution in [2.45, 2.75) is 78.1 Å². The first-order valence-corrected chi connectivity index (χ1v) is 17.6. The molecule has 0 aromatic carbocycles. The number of rotatable bonds is 10. The van der Waals surface area contributed by atoms with Crippen molar-refractivity contribution in [1.82, 2.24) is 0 Å². The minimum absolute atomic E-state index is 0.148. The maximum Gasteiger partial charge on any atom is 0.536 e. The average Bonchev–Trinajstić information content (AvgIpc) is 3.81. The molecule has 4 aromatic heterocycles. The topological polar surface area (TPSA) is 56.3 Å². The summed E-state index contributed by atoms with van der Waals surface area (Å²) in [6.45, 7) is 19.3. The van der Waals surface area contributed by atoms with Crippen molar-refractivity contribution >= 4 is 56.7 Å². The molecular formula is C34H32N4S4. The molecule has 42 heavy (non-hydrogen) atoms. The summed E-state index contributed by atoms with van der Waals surface area (Å²) in [7, 11) is 0. The Morgan fingerprint density at radius 2 is 1.10 bits per heavy atom. The maximum atomic E-state index is 9.47. The van der Waals surface area contributed by atoms with E-state index in [4.69, 9.17) is 13.1 Å². The van der Waals surface area contributed by atoms with Gasteiger partial charge < -0.3 is 0 Å². The van der Waals surface area contributed by atoms with Crippen molar-refractivity contribution in [2.24, 2.45) is 0 Å². The summed E-state index contributed by atoms with van der Waals surface area (Å²) in [5, 5.41) is 18.9. The summed E-state index contributed by atoms with van der Waals surface area (Å²) in [6.07, 6.45) is 11.3. The second kappa shape index (κ2) is 15.7. The number of unbranched alkanes of at least 4 members (excludes halogenated alkanes) is 6. The van der Waals surface area contributed by atoms with E-state index in [9.17, 15) is 10.5 Å².